The molecule has 2 rings (SSSR count). The highest BCUT2D eigenvalue weighted by molar-refractivity contribution is 8.03. The highest BCUT2D eigenvalue weighted by Crippen LogP contribution is 2.34. The predicted molar refractivity (Wildman–Crippen MR) is 42.1 cm³/mol. The molecule has 0 aromatic heterocycles. The van der Waals surface area contributed by atoms with Crippen molar-refractivity contribution < 1.29 is 5.11 Å². The first-order valence-electron chi connectivity index (χ1n) is 3.37. The zero-order valence-electron chi connectivity index (χ0n) is 5.50. The molecule has 0 saturated carbocycles. The number of aliphatic hydroxyl groups is 1. The molecule has 0 bridgehead atoms. The average Bonchev–Trinajstić information content (AvgIpc) is 2.27. The topological polar surface area (TPSA) is 32.3 Å². The maximum absolute atomic E-state index is 9.14. The molecule has 2 N–H and O–H groups in total. The molecule has 10 heavy (non-hydrogen) atoms. The number of nitrogens with one attached hydrogen (secondary N) is 1. The van der Waals surface area contributed by atoms with Gasteiger partial charge in [0.05, 0.1) is 0 Å². The maximum Gasteiger partial charge on any atom is 0.177 e. The molecule has 1 heterocycles. The van der Waals surface area contributed by atoms with E-state index in [2.05, 4.69) is 17.5 Å². The van der Waals surface area contributed by atoms with Gasteiger partial charge in [-0.1, -0.05) is 23.9 Å². The van der Waals surface area contributed by atoms with E-state index in [1.54, 1.807) is 0 Å². The van der Waals surface area contributed by atoms with Crippen molar-refractivity contribution in [2.45, 2.75) is 18.4 Å². The molecular weight excluding hydrogens is 146 g/mol. The van der Waals surface area contributed by atoms with Crippen LogP contribution in [0.1, 0.15) is 12.8 Å². The van der Waals surface area contributed by atoms with Crippen molar-refractivity contribution in [1.29, 1.82) is 0 Å². The molecule has 0 fully saturated rings. The summed E-state index contributed by atoms with van der Waals surface area (Å²) < 4.78 is 0. The maximum atomic E-state index is 9.14. The summed E-state index contributed by atoms with van der Waals surface area (Å²) in [6.45, 7) is 0. The molecule has 1 aliphatic heterocycles. The van der Waals surface area contributed by atoms with Crippen LogP contribution in [0, 0.1) is 0 Å². The first-order valence-corrected chi connectivity index (χ1v) is 4.25. The second-order valence-corrected chi connectivity index (χ2v) is 3.52. The van der Waals surface area contributed by atoms with Crippen molar-refractivity contribution in [2.75, 3.05) is 0 Å². The molecule has 3 heteroatoms. The lowest BCUT2D eigenvalue weighted by molar-refractivity contribution is 0.241. The van der Waals surface area contributed by atoms with E-state index in [-0.39, 0.29) is 0 Å². The molecule has 0 amide bonds. The van der Waals surface area contributed by atoms with E-state index in [1.807, 2.05) is 0 Å². The molecule has 1 aliphatic carbocycles. The normalized spacial score (nSPS) is 30.3. The summed E-state index contributed by atoms with van der Waals surface area (Å²) in [6.07, 6.45) is 6.37. The molecule has 0 aromatic carbocycles. The lowest BCUT2D eigenvalue weighted by atomic mass is 10.1. The molecule has 0 aromatic rings. The third kappa shape index (κ3) is 0.954. The fourth-order valence-corrected chi connectivity index (χ4v) is 2.11. The Morgan fingerprint density at radius 3 is 3.40 bits per heavy atom. The number of allylic oxidation sites excluding steroid dienone is 3. The summed E-state index contributed by atoms with van der Waals surface area (Å²) in [4.78, 5) is 1.21. The van der Waals surface area contributed by atoms with Crippen LogP contribution in [0.15, 0.2) is 22.8 Å². The standard InChI is InChI=1S/C7H9NOS/c9-7-8-5-3-1-2-4-6(5)10-7/h2,4,7-9H,1,3H2. The third-order valence-corrected chi connectivity index (χ3v) is 2.64. The number of hydrogen-bond acceptors (Lipinski definition) is 3. The lowest BCUT2D eigenvalue weighted by Gasteiger charge is -2.06. The van der Waals surface area contributed by atoms with Gasteiger partial charge in [0.1, 0.15) is 0 Å². The minimum atomic E-state index is -0.409. The van der Waals surface area contributed by atoms with E-state index in [0.29, 0.717) is 0 Å². The first-order chi connectivity index (χ1) is 4.86. The van der Waals surface area contributed by atoms with E-state index in [4.69, 9.17) is 5.11 Å². The lowest BCUT2D eigenvalue weighted by Crippen LogP contribution is -2.19. The number of thioether (sulfide) groups is 1. The summed E-state index contributed by atoms with van der Waals surface area (Å²) in [6, 6.07) is 0. The van der Waals surface area contributed by atoms with Crippen LogP contribution in [0.4, 0.5) is 0 Å². The smallest absolute Gasteiger partial charge is 0.177 e. The average molecular weight is 155 g/mol. The fourth-order valence-electron chi connectivity index (χ4n) is 1.19. The first kappa shape index (κ1) is 6.31. The zero-order valence-corrected chi connectivity index (χ0v) is 6.32. The molecule has 54 valence electrons. The minimum absolute atomic E-state index is 0.409. The molecule has 0 spiro atoms. The van der Waals surface area contributed by atoms with Crippen molar-refractivity contribution in [3.63, 3.8) is 0 Å². The van der Waals surface area contributed by atoms with Crippen LogP contribution in [0.2, 0.25) is 0 Å². The molecule has 2 aliphatic rings. The quantitative estimate of drug-likeness (QED) is 0.550. The highest BCUT2D eigenvalue weighted by atomic mass is 32.2. The molecule has 2 nitrogen and oxygen atoms in total. The van der Waals surface area contributed by atoms with Gasteiger partial charge in [0, 0.05) is 10.6 Å². The van der Waals surface area contributed by atoms with Gasteiger partial charge in [0.2, 0.25) is 0 Å². The Hall–Kier alpha value is -0.410. The molecular formula is C7H9NOS. The van der Waals surface area contributed by atoms with Crippen LogP contribution in [0.5, 0.6) is 0 Å². The van der Waals surface area contributed by atoms with Crippen LogP contribution < -0.4 is 5.32 Å². The van der Waals surface area contributed by atoms with Crippen molar-refractivity contribution in [3.05, 3.63) is 22.8 Å². The van der Waals surface area contributed by atoms with Crippen LogP contribution in [-0.2, 0) is 0 Å². The Balaban J connectivity index is 2.21. The van der Waals surface area contributed by atoms with E-state index >= 15 is 0 Å². The zero-order chi connectivity index (χ0) is 6.97. The summed E-state index contributed by atoms with van der Waals surface area (Å²) >= 11 is 1.49. The highest BCUT2D eigenvalue weighted by Gasteiger charge is 2.21. The summed E-state index contributed by atoms with van der Waals surface area (Å²) in [5, 5.41) is 12.1. The van der Waals surface area contributed by atoms with Gasteiger partial charge < -0.3 is 10.4 Å². The summed E-state index contributed by atoms with van der Waals surface area (Å²) in [5.74, 6) is 0. The van der Waals surface area contributed by atoms with E-state index < -0.39 is 5.56 Å². The van der Waals surface area contributed by atoms with Gasteiger partial charge in [-0.25, -0.2) is 0 Å². The Kier molecular flexibility index (Phi) is 1.47. The second-order valence-electron chi connectivity index (χ2n) is 2.40. The van der Waals surface area contributed by atoms with Gasteiger partial charge >= 0.3 is 0 Å². The molecule has 1 unspecified atom stereocenters. The Morgan fingerprint density at radius 2 is 2.60 bits per heavy atom. The van der Waals surface area contributed by atoms with Crippen molar-refractivity contribution in [3.8, 4) is 0 Å². The number of aliphatic hydroxyl groups excluding tert-OH is 1. The van der Waals surface area contributed by atoms with Crippen LogP contribution in [0.25, 0.3) is 0 Å². The van der Waals surface area contributed by atoms with Gasteiger partial charge in [-0.05, 0) is 12.8 Å². The van der Waals surface area contributed by atoms with E-state index in [9.17, 15) is 0 Å². The van der Waals surface area contributed by atoms with Crippen LogP contribution in [-0.4, -0.2) is 10.7 Å². The summed E-state index contributed by atoms with van der Waals surface area (Å²) in [5.41, 5.74) is 0.799. The van der Waals surface area contributed by atoms with Crippen molar-refractivity contribution in [1.82, 2.24) is 5.32 Å². The van der Waals surface area contributed by atoms with Gasteiger partial charge in [0.25, 0.3) is 0 Å². The fraction of sp³-hybridized carbons (Fsp3) is 0.429. The predicted octanol–water partition coefficient (Wildman–Crippen LogP) is 1.16. The summed E-state index contributed by atoms with van der Waals surface area (Å²) in [7, 11) is 0. The van der Waals surface area contributed by atoms with Gasteiger partial charge in [-0.15, -0.1) is 0 Å². The van der Waals surface area contributed by atoms with E-state index in [0.717, 1.165) is 12.8 Å². The van der Waals surface area contributed by atoms with Gasteiger partial charge in [-0.3, -0.25) is 0 Å². The third-order valence-electron chi connectivity index (χ3n) is 1.66. The van der Waals surface area contributed by atoms with Crippen molar-refractivity contribution in [2.24, 2.45) is 0 Å². The number of rotatable bonds is 0. The SMILES string of the molecule is OC1NC2=C(C=CCC2)S1. The number of hydrogen-bond donors (Lipinski definition) is 2. The molecule has 1 atom stereocenters. The minimum Gasteiger partial charge on any atom is -0.364 e. The van der Waals surface area contributed by atoms with Crippen molar-refractivity contribution >= 4 is 11.8 Å². The van der Waals surface area contributed by atoms with E-state index in [1.165, 1.54) is 22.4 Å². The second kappa shape index (κ2) is 2.32. The molecule has 0 radical (unpaired) electrons. The van der Waals surface area contributed by atoms with Gasteiger partial charge in [0.15, 0.2) is 5.56 Å². The Bertz CT molecular complexity index is 210. The van der Waals surface area contributed by atoms with Crippen LogP contribution in [0.3, 0.4) is 0 Å². The monoisotopic (exact) mass is 155 g/mol. The Labute approximate surface area is 64.0 Å². The largest absolute Gasteiger partial charge is 0.364 e. The molecule has 0 saturated heterocycles. The Morgan fingerprint density at radius 1 is 1.70 bits per heavy atom. The van der Waals surface area contributed by atoms with Crippen LogP contribution >= 0.6 is 11.8 Å². The van der Waals surface area contributed by atoms with Gasteiger partial charge in [-0.2, -0.15) is 0 Å².